The Morgan fingerprint density at radius 1 is 1.37 bits per heavy atom. The van der Waals surface area contributed by atoms with Crippen LogP contribution in [0.5, 0.6) is 0 Å². The average Bonchev–Trinajstić information content (AvgIpc) is 2.76. The van der Waals surface area contributed by atoms with E-state index in [1.165, 1.54) is 6.07 Å². The average molecular weight is 285 g/mol. The molecule has 2 N–H and O–H groups in total. The van der Waals surface area contributed by atoms with Gasteiger partial charge in [0.25, 0.3) is 0 Å². The van der Waals surface area contributed by atoms with Gasteiger partial charge in [0.15, 0.2) is 9.84 Å². The number of ether oxygens (including phenoxy) is 1. The summed E-state index contributed by atoms with van der Waals surface area (Å²) in [5.41, 5.74) is 0.409. The fraction of sp³-hybridized carbons (Fsp3) is 0.417. The fourth-order valence-electron chi connectivity index (χ4n) is 2.05. The highest BCUT2D eigenvalue weighted by atomic mass is 32.2. The molecule has 0 aliphatic carbocycles. The van der Waals surface area contributed by atoms with Crippen molar-refractivity contribution in [1.82, 2.24) is 0 Å². The van der Waals surface area contributed by atoms with Gasteiger partial charge in [0.05, 0.1) is 29.8 Å². The zero-order chi connectivity index (χ0) is 14.0. The van der Waals surface area contributed by atoms with Crippen molar-refractivity contribution in [2.45, 2.75) is 10.9 Å². The molecule has 0 radical (unpaired) electrons. The van der Waals surface area contributed by atoms with E-state index in [-0.39, 0.29) is 18.1 Å². The predicted octanol–water partition coefficient (Wildman–Crippen LogP) is 0.602. The van der Waals surface area contributed by atoms with Gasteiger partial charge in [0.2, 0.25) is 0 Å². The number of nitrogens with one attached hydrogen (secondary N) is 1. The highest BCUT2D eigenvalue weighted by Crippen LogP contribution is 2.25. The topological polar surface area (TPSA) is 92.7 Å². The van der Waals surface area contributed by atoms with Gasteiger partial charge in [-0.25, -0.2) is 8.42 Å². The molecular weight excluding hydrogens is 270 g/mol. The minimum Gasteiger partial charge on any atom is -0.481 e. The lowest BCUT2D eigenvalue weighted by Gasteiger charge is -2.18. The van der Waals surface area contributed by atoms with Gasteiger partial charge in [-0.15, -0.1) is 0 Å². The van der Waals surface area contributed by atoms with Crippen LogP contribution in [0.2, 0.25) is 0 Å². The van der Waals surface area contributed by atoms with Gasteiger partial charge in [-0.3, -0.25) is 4.79 Å². The molecule has 0 amide bonds. The van der Waals surface area contributed by atoms with Crippen molar-refractivity contribution in [3.63, 3.8) is 0 Å². The van der Waals surface area contributed by atoms with Gasteiger partial charge < -0.3 is 15.2 Å². The Bertz CT molecular complexity index is 584. The highest BCUT2D eigenvalue weighted by molar-refractivity contribution is 7.90. The summed E-state index contributed by atoms with van der Waals surface area (Å²) in [6.07, 6.45) is 1.12. The molecular formula is C12H15NO5S. The number of rotatable bonds is 4. The van der Waals surface area contributed by atoms with Gasteiger partial charge in [-0.1, -0.05) is 12.1 Å². The summed E-state index contributed by atoms with van der Waals surface area (Å²) < 4.78 is 28.4. The molecule has 1 aliphatic rings. The summed E-state index contributed by atoms with van der Waals surface area (Å²) in [6, 6.07) is 6.00. The van der Waals surface area contributed by atoms with Crippen LogP contribution in [0.25, 0.3) is 0 Å². The van der Waals surface area contributed by atoms with Crippen LogP contribution in [0.1, 0.15) is 0 Å². The summed E-state index contributed by atoms with van der Waals surface area (Å²) in [7, 11) is -3.36. The van der Waals surface area contributed by atoms with Crippen LogP contribution in [-0.4, -0.2) is 45.0 Å². The van der Waals surface area contributed by atoms with Crippen LogP contribution >= 0.6 is 0 Å². The first-order valence-corrected chi connectivity index (χ1v) is 7.65. The van der Waals surface area contributed by atoms with Gasteiger partial charge in [-0.05, 0) is 12.1 Å². The van der Waals surface area contributed by atoms with Crippen LogP contribution in [-0.2, 0) is 19.4 Å². The van der Waals surface area contributed by atoms with E-state index in [9.17, 15) is 13.2 Å². The van der Waals surface area contributed by atoms with Crippen LogP contribution in [0.15, 0.2) is 29.2 Å². The number of carboxylic acids is 1. The summed E-state index contributed by atoms with van der Waals surface area (Å²) in [5, 5.41) is 12.0. The first-order valence-electron chi connectivity index (χ1n) is 5.76. The van der Waals surface area contributed by atoms with Gasteiger partial charge in [-0.2, -0.15) is 0 Å². The zero-order valence-corrected chi connectivity index (χ0v) is 11.2. The maximum absolute atomic E-state index is 11.7. The molecule has 104 valence electrons. The Balaban J connectivity index is 2.27. The minimum absolute atomic E-state index is 0.133. The third-order valence-corrected chi connectivity index (χ3v) is 4.18. The number of benzene rings is 1. The first-order chi connectivity index (χ1) is 8.89. The number of para-hydroxylation sites is 1. The normalized spacial score (nSPS) is 23.2. The number of carboxylic acid groups (broad SMARTS) is 1. The number of hydrogen-bond acceptors (Lipinski definition) is 5. The third-order valence-electron chi connectivity index (χ3n) is 3.03. The first kappa shape index (κ1) is 13.8. The molecule has 1 heterocycles. The lowest BCUT2D eigenvalue weighted by atomic mass is 10.0. The molecule has 0 spiro atoms. The Morgan fingerprint density at radius 2 is 2.05 bits per heavy atom. The van der Waals surface area contributed by atoms with Crippen molar-refractivity contribution in [3.05, 3.63) is 24.3 Å². The lowest BCUT2D eigenvalue weighted by molar-refractivity contribution is -0.141. The van der Waals surface area contributed by atoms with E-state index in [0.717, 1.165) is 6.26 Å². The summed E-state index contributed by atoms with van der Waals surface area (Å²) in [6.45, 7) is 0.378. The van der Waals surface area contributed by atoms with Crippen molar-refractivity contribution >= 4 is 21.5 Å². The SMILES string of the molecule is CS(=O)(=O)c1ccccc1NC1COCC1C(=O)O. The molecule has 0 saturated carbocycles. The van der Waals surface area contributed by atoms with Crippen molar-refractivity contribution in [2.24, 2.45) is 5.92 Å². The summed E-state index contributed by atoms with van der Waals surface area (Å²) in [4.78, 5) is 11.2. The molecule has 0 bridgehead atoms. The molecule has 1 aromatic carbocycles. The second kappa shape index (κ2) is 5.18. The summed E-state index contributed by atoms with van der Waals surface area (Å²) >= 11 is 0. The molecule has 6 nitrogen and oxygen atoms in total. The molecule has 7 heteroatoms. The van der Waals surface area contributed by atoms with Crippen LogP contribution < -0.4 is 5.32 Å². The number of sulfone groups is 1. The molecule has 1 saturated heterocycles. The lowest BCUT2D eigenvalue weighted by Crippen LogP contribution is -2.33. The smallest absolute Gasteiger partial charge is 0.311 e. The van der Waals surface area contributed by atoms with Crippen LogP contribution in [0.4, 0.5) is 5.69 Å². The second-order valence-electron chi connectivity index (χ2n) is 4.50. The zero-order valence-electron chi connectivity index (χ0n) is 10.4. The highest BCUT2D eigenvalue weighted by Gasteiger charge is 2.34. The van der Waals surface area contributed by atoms with Gasteiger partial charge in [0.1, 0.15) is 5.92 Å². The maximum atomic E-state index is 11.7. The Kier molecular flexibility index (Phi) is 3.77. The van der Waals surface area contributed by atoms with Gasteiger partial charge >= 0.3 is 5.97 Å². The largest absolute Gasteiger partial charge is 0.481 e. The number of hydrogen-bond donors (Lipinski definition) is 2. The number of carbonyl (C=O) groups is 1. The van der Waals surface area contributed by atoms with Crippen molar-refractivity contribution in [2.75, 3.05) is 24.8 Å². The molecule has 0 aromatic heterocycles. The van der Waals surface area contributed by atoms with Gasteiger partial charge in [0, 0.05) is 6.26 Å². The summed E-state index contributed by atoms with van der Waals surface area (Å²) in [5.74, 6) is -1.63. The predicted molar refractivity (Wildman–Crippen MR) is 68.9 cm³/mol. The van der Waals surface area contributed by atoms with Crippen LogP contribution in [0, 0.1) is 5.92 Å². The number of aliphatic carboxylic acids is 1. The monoisotopic (exact) mass is 285 g/mol. The van der Waals surface area contributed by atoms with Crippen molar-refractivity contribution < 1.29 is 23.1 Å². The second-order valence-corrected chi connectivity index (χ2v) is 6.49. The molecule has 19 heavy (non-hydrogen) atoms. The van der Waals surface area contributed by atoms with Crippen LogP contribution in [0.3, 0.4) is 0 Å². The van der Waals surface area contributed by atoms with E-state index in [1.807, 2.05) is 0 Å². The van der Waals surface area contributed by atoms with E-state index in [1.54, 1.807) is 18.2 Å². The van der Waals surface area contributed by atoms with E-state index < -0.39 is 27.8 Å². The third kappa shape index (κ3) is 3.05. The van der Waals surface area contributed by atoms with Crippen molar-refractivity contribution in [1.29, 1.82) is 0 Å². The Morgan fingerprint density at radius 3 is 2.68 bits per heavy atom. The maximum Gasteiger partial charge on any atom is 0.311 e. The van der Waals surface area contributed by atoms with E-state index in [2.05, 4.69) is 5.32 Å². The molecule has 2 rings (SSSR count). The molecule has 1 fully saturated rings. The van der Waals surface area contributed by atoms with Crippen molar-refractivity contribution in [3.8, 4) is 0 Å². The Labute approximate surface area is 111 Å². The molecule has 1 aliphatic heterocycles. The standard InChI is InChI=1S/C12H15NO5S/c1-19(16,17)11-5-3-2-4-9(11)13-10-7-18-6-8(10)12(14)15/h2-5,8,10,13H,6-7H2,1H3,(H,14,15). The number of anilines is 1. The quantitative estimate of drug-likeness (QED) is 0.841. The van der Waals surface area contributed by atoms with E-state index >= 15 is 0 Å². The fourth-order valence-corrected chi connectivity index (χ4v) is 2.90. The Hall–Kier alpha value is -1.60. The molecule has 2 unspecified atom stereocenters. The minimum atomic E-state index is -3.36. The van der Waals surface area contributed by atoms with E-state index in [0.29, 0.717) is 5.69 Å². The van der Waals surface area contributed by atoms with E-state index in [4.69, 9.17) is 9.84 Å². The molecule has 2 atom stereocenters. The molecule has 1 aromatic rings.